The van der Waals surface area contributed by atoms with Gasteiger partial charge in [0.15, 0.2) is 11.0 Å². The summed E-state index contributed by atoms with van der Waals surface area (Å²) in [5, 5.41) is 0.961. The van der Waals surface area contributed by atoms with Gasteiger partial charge in [-0.1, -0.05) is 58.0 Å². The van der Waals surface area contributed by atoms with Crippen molar-refractivity contribution in [2.24, 2.45) is 7.05 Å². The molecular formula is C33H31F2N2O+. The van der Waals surface area contributed by atoms with Crippen molar-refractivity contribution in [3.63, 3.8) is 0 Å². The fraction of sp³-hybridized carbons (Fsp3) is 0.242. The normalized spacial score (nSPS) is 12.2. The van der Waals surface area contributed by atoms with E-state index in [1.807, 2.05) is 19.1 Å². The van der Waals surface area contributed by atoms with E-state index < -0.39 is 11.6 Å². The Balaban J connectivity index is 1.76. The molecule has 2 heterocycles. The van der Waals surface area contributed by atoms with Crippen LogP contribution in [0.2, 0.25) is 0 Å². The molecule has 0 bridgehead atoms. The molecule has 0 saturated heterocycles. The Hall–Kier alpha value is -3.99. The molecule has 4 aromatic carbocycles. The van der Waals surface area contributed by atoms with E-state index in [9.17, 15) is 8.78 Å². The van der Waals surface area contributed by atoms with E-state index in [0.29, 0.717) is 28.2 Å². The molecule has 0 aliphatic carbocycles. The Morgan fingerprint density at radius 2 is 1.50 bits per heavy atom. The maximum atomic E-state index is 14.8. The first-order chi connectivity index (χ1) is 18.2. The molecule has 0 amide bonds. The molecule has 0 spiro atoms. The molecule has 5 heteroatoms. The molecule has 2 aromatic heterocycles. The van der Waals surface area contributed by atoms with Gasteiger partial charge in [0.2, 0.25) is 0 Å². The van der Waals surface area contributed by atoms with Gasteiger partial charge < -0.3 is 4.42 Å². The molecule has 6 rings (SSSR count). The lowest BCUT2D eigenvalue weighted by atomic mass is 9.92. The summed E-state index contributed by atoms with van der Waals surface area (Å²) in [4.78, 5) is 0. The number of fused-ring (bicyclic) bond motifs is 4. The SMILES string of the molecule is Cc1cc2c(cc1-c1n(-c3c(C(C)C)cccc3C(C)C)c3ccccc3[n+]1C)oc1cc(F)cc(F)c12. The van der Waals surface area contributed by atoms with Crippen LogP contribution in [0.15, 0.2) is 71.1 Å². The number of rotatable bonds is 4. The quantitative estimate of drug-likeness (QED) is 0.218. The van der Waals surface area contributed by atoms with Crippen LogP contribution in [-0.4, -0.2) is 4.57 Å². The van der Waals surface area contributed by atoms with Gasteiger partial charge in [-0.25, -0.2) is 13.3 Å². The Bertz CT molecular complexity index is 1850. The lowest BCUT2D eigenvalue weighted by molar-refractivity contribution is -0.633. The zero-order chi connectivity index (χ0) is 26.9. The van der Waals surface area contributed by atoms with E-state index in [-0.39, 0.29) is 5.58 Å². The lowest BCUT2D eigenvalue weighted by Gasteiger charge is -2.18. The van der Waals surface area contributed by atoms with E-state index in [0.717, 1.165) is 34.1 Å². The van der Waals surface area contributed by atoms with Crippen molar-refractivity contribution >= 4 is 33.0 Å². The molecule has 0 unspecified atom stereocenters. The Morgan fingerprint density at radius 1 is 0.816 bits per heavy atom. The maximum absolute atomic E-state index is 14.8. The summed E-state index contributed by atoms with van der Waals surface area (Å²) in [6.07, 6.45) is 0. The molecule has 0 N–H and O–H groups in total. The van der Waals surface area contributed by atoms with Crippen molar-refractivity contribution in [2.45, 2.75) is 46.5 Å². The Labute approximate surface area is 220 Å². The predicted octanol–water partition coefficient (Wildman–Crippen LogP) is 8.85. The van der Waals surface area contributed by atoms with Gasteiger partial charge in [0, 0.05) is 28.6 Å². The fourth-order valence-corrected chi connectivity index (χ4v) is 5.83. The first-order valence-corrected chi connectivity index (χ1v) is 13.1. The first-order valence-electron chi connectivity index (χ1n) is 13.1. The van der Waals surface area contributed by atoms with Gasteiger partial charge in [0.05, 0.1) is 18.0 Å². The standard InChI is InChI=1S/C33H31F2N2O/c1-18(2)22-10-9-11-23(19(3)4)32(22)37-28-13-8-7-12-27(28)36(6)33(37)24-17-29-25(14-20(24)5)31-26(35)15-21(34)16-30(31)38-29/h7-19H,1-6H3/q+1. The molecule has 38 heavy (non-hydrogen) atoms. The average Bonchev–Trinajstić information content (AvgIpc) is 3.37. The Kier molecular flexibility index (Phi) is 5.64. The van der Waals surface area contributed by atoms with Crippen molar-refractivity contribution in [1.29, 1.82) is 0 Å². The lowest BCUT2D eigenvalue weighted by Crippen LogP contribution is -2.30. The van der Waals surface area contributed by atoms with Gasteiger partial charge >= 0.3 is 0 Å². The molecule has 0 aliphatic rings. The molecule has 0 saturated carbocycles. The fourth-order valence-electron chi connectivity index (χ4n) is 5.83. The summed E-state index contributed by atoms with van der Waals surface area (Å²) in [6, 6.07) is 21.1. The minimum absolute atomic E-state index is 0.214. The minimum atomic E-state index is -0.649. The van der Waals surface area contributed by atoms with Crippen LogP contribution in [-0.2, 0) is 7.05 Å². The van der Waals surface area contributed by atoms with Crippen molar-refractivity contribution in [1.82, 2.24) is 4.57 Å². The Morgan fingerprint density at radius 3 is 2.18 bits per heavy atom. The van der Waals surface area contributed by atoms with Gasteiger partial charge in [-0.05, 0) is 48.6 Å². The summed E-state index contributed by atoms with van der Waals surface area (Å²) < 4.78 is 39.4. The van der Waals surface area contributed by atoms with E-state index in [4.69, 9.17) is 4.42 Å². The van der Waals surface area contributed by atoms with E-state index in [2.05, 4.69) is 86.3 Å². The van der Waals surface area contributed by atoms with E-state index in [1.54, 1.807) is 0 Å². The van der Waals surface area contributed by atoms with Crippen LogP contribution in [0.3, 0.4) is 0 Å². The van der Waals surface area contributed by atoms with Gasteiger partial charge in [-0.15, -0.1) is 0 Å². The highest BCUT2D eigenvalue weighted by Crippen LogP contribution is 2.40. The molecular weight excluding hydrogens is 478 g/mol. The number of furan rings is 1. The third kappa shape index (κ3) is 3.56. The molecule has 0 radical (unpaired) electrons. The average molecular weight is 510 g/mol. The number of hydrogen-bond donors (Lipinski definition) is 0. The maximum Gasteiger partial charge on any atom is 0.295 e. The molecule has 192 valence electrons. The predicted molar refractivity (Wildman–Crippen MR) is 150 cm³/mol. The number of imidazole rings is 1. The third-order valence-electron chi connectivity index (χ3n) is 7.66. The number of halogens is 2. The summed E-state index contributed by atoms with van der Waals surface area (Å²) >= 11 is 0. The number of hydrogen-bond acceptors (Lipinski definition) is 1. The topological polar surface area (TPSA) is 21.9 Å². The van der Waals surface area contributed by atoms with Crippen LogP contribution in [0.25, 0.3) is 50.0 Å². The highest BCUT2D eigenvalue weighted by atomic mass is 19.1. The van der Waals surface area contributed by atoms with Crippen LogP contribution in [0.1, 0.15) is 56.2 Å². The molecule has 3 nitrogen and oxygen atoms in total. The smallest absolute Gasteiger partial charge is 0.295 e. The number of benzene rings is 4. The molecule has 0 atom stereocenters. The van der Waals surface area contributed by atoms with E-state index in [1.165, 1.54) is 22.9 Å². The molecule has 6 aromatic rings. The second kappa shape index (κ2) is 8.80. The number of aryl methyl sites for hydroxylation is 2. The van der Waals surface area contributed by atoms with E-state index >= 15 is 0 Å². The molecule has 0 fully saturated rings. The summed E-state index contributed by atoms with van der Waals surface area (Å²) in [5.74, 6) is 0.384. The van der Waals surface area contributed by atoms with Crippen LogP contribution < -0.4 is 4.57 Å². The zero-order valence-electron chi connectivity index (χ0n) is 22.6. The largest absolute Gasteiger partial charge is 0.456 e. The van der Waals surface area contributed by atoms with Crippen LogP contribution in [0.5, 0.6) is 0 Å². The first kappa shape index (κ1) is 24.4. The third-order valence-corrected chi connectivity index (χ3v) is 7.66. The van der Waals surface area contributed by atoms with Crippen molar-refractivity contribution in [3.05, 3.63) is 95.1 Å². The van der Waals surface area contributed by atoms with Crippen LogP contribution >= 0.6 is 0 Å². The second-order valence-corrected chi connectivity index (χ2v) is 10.8. The van der Waals surface area contributed by atoms with Crippen molar-refractivity contribution in [3.8, 4) is 17.1 Å². The van der Waals surface area contributed by atoms with Crippen LogP contribution in [0, 0.1) is 18.6 Å². The minimum Gasteiger partial charge on any atom is -0.456 e. The van der Waals surface area contributed by atoms with Crippen molar-refractivity contribution in [2.75, 3.05) is 0 Å². The zero-order valence-corrected chi connectivity index (χ0v) is 22.6. The highest BCUT2D eigenvalue weighted by molar-refractivity contribution is 6.06. The van der Waals surface area contributed by atoms with Gasteiger partial charge in [0.1, 0.15) is 28.5 Å². The van der Waals surface area contributed by atoms with Gasteiger partial charge in [-0.3, -0.25) is 0 Å². The number of para-hydroxylation sites is 3. The van der Waals surface area contributed by atoms with Gasteiger partial charge in [-0.2, -0.15) is 4.57 Å². The number of aromatic nitrogens is 2. The molecule has 0 aliphatic heterocycles. The van der Waals surface area contributed by atoms with Crippen LogP contribution in [0.4, 0.5) is 8.78 Å². The summed E-state index contributed by atoms with van der Waals surface area (Å²) in [6.45, 7) is 11.0. The van der Waals surface area contributed by atoms with Crippen molar-refractivity contribution < 1.29 is 17.8 Å². The summed E-state index contributed by atoms with van der Waals surface area (Å²) in [7, 11) is 2.08. The summed E-state index contributed by atoms with van der Waals surface area (Å²) in [5.41, 5.74) is 8.67. The second-order valence-electron chi connectivity index (χ2n) is 10.8. The van der Waals surface area contributed by atoms with Gasteiger partial charge in [0.25, 0.3) is 5.82 Å². The number of nitrogens with zero attached hydrogens (tertiary/aromatic N) is 2. The highest BCUT2D eigenvalue weighted by Gasteiger charge is 2.31. The monoisotopic (exact) mass is 509 g/mol.